The first-order chi connectivity index (χ1) is 16.3. The minimum absolute atomic E-state index is 0.222. The van der Waals surface area contributed by atoms with Crippen molar-refractivity contribution >= 4 is 45.8 Å². The quantitative estimate of drug-likeness (QED) is 0.382. The molecule has 0 unspecified atom stereocenters. The number of hydrogen-bond acceptors (Lipinski definition) is 6. The van der Waals surface area contributed by atoms with Gasteiger partial charge in [0.2, 0.25) is 0 Å². The molecule has 1 aliphatic heterocycles. The predicted molar refractivity (Wildman–Crippen MR) is 131 cm³/mol. The fourth-order valence-corrected chi connectivity index (χ4v) is 4.78. The van der Waals surface area contributed by atoms with Crippen LogP contribution in [0, 0.1) is 0 Å². The Morgan fingerprint density at radius 2 is 1.91 bits per heavy atom. The van der Waals surface area contributed by atoms with E-state index in [2.05, 4.69) is 5.16 Å². The Hall–Kier alpha value is -3.34. The van der Waals surface area contributed by atoms with E-state index in [1.54, 1.807) is 21.6 Å². The minimum Gasteiger partial charge on any atom is -0.477 e. The monoisotopic (exact) mass is 501 g/mol. The van der Waals surface area contributed by atoms with Crippen LogP contribution in [0.5, 0.6) is 0 Å². The number of aromatic nitrogens is 2. The van der Waals surface area contributed by atoms with Crippen LogP contribution in [0.4, 0.5) is 4.79 Å². The van der Waals surface area contributed by atoms with Crippen molar-refractivity contribution in [3.63, 3.8) is 0 Å². The number of aromatic carboxylic acids is 1. The molecule has 2 amide bonds. The molecule has 4 heterocycles. The van der Waals surface area contributed by atoms with Gasteiger partial charge in [-0.25, -0.2) is 9.59 Å². The minimum atomic E-state index is -0.972. The lowest BCUT2D eigenvalue weighted by atomic mass is 10.1. The molecule has 1 aromatic carbocycles. The summed E-state index contributed by atoms with van der Waals surface area (Å²) in [6, 6.07) is 14.6. The van der Waals surface area contributed by atoms with Crippen molar-refractivity contribution in [1.82, 2.24) is 14.6 Å². The molecule has 1 fully saturated rings. The number of benzene rings is 1. The number of urea groups is 1. The number of fused-ring (bicyclic) bond motifs is 1. The van der Waals surface area contributed by atoms with Gasteiger partial charge in [-0.2, -0.15) is 0 Å². The van der Waals surface area contributed by atoms with Gasteiger partial charge in [-0.15, -0.1) is 11.3 Å². The second-order valence-corrected chi connectivity index (χ2v) is 9.64. The molecule has 5 rings (SSSR count). The molecule has 1 saturated heterocycles. The molecular weight excluding hydrogens is 478 g/mol. The molecule has 0 bridgehead atoms. The Bertz CT molecular complexity index is 1310. The summed E-state index contributed by atoms with van der Waals surface area (Å²) in [5.41, 5.74) is 12.4. The van der Waals surface area contributed by atoms with Gasteiger partial charge in [0.05, 0.1) is 15.8 Å². The summed E-state index contributed by atoms with van der Waals surface area (Å²) in [5, 5.41) is 14.4. The second-order valence-electron chi connectivity index (χ2n) is 7.93. The van der Waals surface area contributed by atoms with Crippen LogP contribution in [0.2, 0.25) is 4.34 Å². The third-order valence-corrected chi connectivity index (χ3v) is 6.82. The van der Waals surface area contributed by atoms with Crippen LogP contribution in [0.25, 0.3) is 21.5 Å². The van der Waals surface area contributed by atoms with Gasteiger partial charge in [-0.1, -0.05) is 35.0 Å². The number of thiophene rings is 1. The van der Waals surface area contributed by atoms with E-state index in [0.29, 0.717) is 22.3 Å². The highest BCUT2D eigenvalue weighted by Gasteiger charge is 2.18. The SMILES string of the molecule is NC(=O)N1CCC(N)CC1.O=C(O)c1cc2ccccc2n1Cc1cc(-c2ccc(Cl)s2)on1. The first kappa shape index (κ1) is 23.8. The van der Waals surface area contributed by atoms with Gasteiger partial charge in [0.1, 0.15) is 11.4 Å². The third kappa shape index (κ3) is 5.41. The number of nitrogens with zero attached hydrogens (tertiary/aromatic N) is 3. The Balaban J connectivity index is 0.000000231. The fraction of sp³-hybridized carbons (Fsp3) is 0.261. The number of nitrogens with two attached hydrogens (primary N) is 2. The van der Waals surface area contributed by atoms with Crippen molar-refractivity contribution < 1.29 is 19.2 Å². The van der Waals surface area contributed by atoms with Crippen molar-refractivity contribution in [2.45, 2.75) is 25.4 Å². The molecule has 9 nitrogen and oxygen atoms in total. The molecule has 4 aromatic rings. The maximum atomic E-state index is 11.5. The lowest BCUT2D eigenvalue weighted by Gasteiger charge is -2.28. The summed E-state index contributed by atoms with van der Waals surface area (Å²) in [4.78, 5) is 24.6. The van der Waals surface area contributed by atoms with E-state index >= 15 is 0 Å². The highest BCUT2D eigenvalue weighted by molar-refractivity contribution is 7.19. The second kappa shape index (κ2) is 10.3. The number of carboxylic acid groups (broad SMARTS) is 1. The molecule has 178 valence electrons. The lowest BCUT2D eigenvalue weighted by molar-refractivity contribution is 0.0686. The van der Waals surface area contributed by atoms with Crippen molar-refractivity contribution in [3.8, 4) is 10.6 Å². The van der Waals surface area contributed by atoms with Gasteiger partial charge in [0.15, 0.2) is 5.76 Å². The first-order valence-corrected chi connectivity index (χ1v) is 11.8. The van der Waals surface area contributed by atoms with Crippen molar-refractivity contribution in [2.75, 3.05) is 13.1 Å². The number of halogens is 1. The molecule has 1 aliphatic rings. The van der Waals surface area contributed by atoms with Crippen LogP contribution < -0.4 is 11.5 Å². The smallest absolute Gasteiger partial charge is 0.352 e. The Labute approximate surface area is 204 Å². The standard InChI is InChI=1S/C17H11ClN2O3S.C6H13N3O/c18-16-6-5-15(24-16)14-8-11(19-23-14)9-20-12-4-2-1-3-10(12)7-13(20)17(21)22;7-5-1-3-9(4-2-5)6(8)10/h1-8H,9H2,(H,21,22);5H,1-4,7H2,(H2,8,10). The van der Waals surface area contributed by atoms with Gasteiger partial charge in [-0.05, 0) is 37.1 Å². The van der Waals surface area contributed by atoms with Crippen molar-refractivity contribution in [1.29, 1.82) is 0 Å². The van der Waals surface area contributed by atoms with Gasteiger partial charge in [0.25, 0.3) is 0 Å². The largest absolute Gasteiger partial charge is 0.477 e. The number of carboxylic acids is 1. The van der Waals surface area contributed by atoms with Crippen LogP contribution in [0.3, 0.4) is 0 Å². The van der Waals surface area contributed by atoms with Crippen LogP contribution in [0.1, 0.15) is 29.0 Å². The molecule has 11 heteroatoms. The summed E-state index contributed by atoms with van der Waals surface area (Å²) in [6.07, 6.45) is 1.76. The van der Waals surface area contributed by atoms with Gasteiger partial charge in [-0.3, -0.25) is 0 Å². The zero-order chi connectivity index (χ0) is 24.2. The van der Waals surface area contributed by atoms with E-state index in [4.69, 9.17) is 27.6 Å². The molecule has 0 spiro atoms. The highest BCUT2D eigenvalue weighted by Crippen LogP contribution is 2.31. The summed E-state index contributed by atoms with van der Waals surface area (Å²) < 4.78 is 7.76. The number of para-hydroxylation sites is 1. The molecule has 0 radical (unpaired) electrons. The van der Waals surface area contributed by atoms with Crippen LogP contribution in [0.15, 0.2) is 53.1 Å². The van der Waals surface area contributed by atoms with Crippen LogP contribution in [-0.4, -0.2) is 50.9 Å². The molecule has 34 heavy (non-hydrogen) atoms. The molecule has 0 aliphatic carbocycles. The number of carbonyl (C=O) groups excluding carboxylic acids is 1. The lowest BCUT2D eigenvalue weighted by Crippen LogP contribution is -2.45. The number of carbonyl (C=O) groups is 2. The van der Waals surface area contributed by atoms with E-state index < -0.39 is 5.97 Å². The summed E-state index contributed by atoms with van der Waals surface area (Å²) >= 11 is 7.34. The molecule has 0 saturated carbocycles. The molecule has 3 aromatic heterocycles. The Morgan fingerprint density at radius 1 is 1.18 bits per heavy atom. The third-order valence-electron chi connectivity index (χ3n) is 5.58. The normalized spacial score (nSPS) is 14.1. The molecule has 0 atom stereocenters. The van der Waals surface area contributed by atoms with Crippen LogP contribution >= 0.6 is 22.9 Å². The molecule has 5 N–H and O–H groups in total. The highest BCUT2D eigenvalue weighted by atomic mass is 35.5. The number of rotatable bonds is 4. The number of likely N-dealkylation sites (tertiary alicyclic amines) is 1. The number of piperidine rings is 1. The van der Waals surface area contributed by atoms with E-state index in [-0.39, 0.29) is 17.8 Å². The topological polar surface area (TPSA) is 141 Å². The fourth-order valence-electron chi connectivity index (χ4n) is 3.79. The molecular formula is C23H24ClN5O4S. The zero-order valence-electron chi connectivity index (χ0n) is 18.2. The summed E-state index contributed by atoms with van der Waals surface area (Å²) in [5.74, 6) is -0.352. The Morgan fingerprint density at radius 3 is 2.56 bits per heavy atom. The average molecular weight is 502 g/mol. The average Bonchev–Trinajstić information content (AvgIpc) is 3.54. The first-order valence-electron chi connectivity index (χ1n) is 10.6. The van der Waals surface area contributed by atoms with Crippen molar-refractivity contribution in [2.24, 2.45) is 11.5 Å². The van der Waals surface area contributed by atoms with Crippen molar-refractivity contribution in [3.05, 3.63) is 64.3 Å². The van der Waals surface area contributed by atoms with Gasteiger partial charge >= 0.3 is 12.0 Å². The number of primary amides is 1. The van der Waals surface area contributed by atoms with Gasteiger partial charge in [0, 0.05) is 36.1 Å². The van der Waals surface area contributed by atoms with Crippen LogP contribution in [-0.2, 0) is 6.54 Å². The van der Waals surface area contributed by atoms with E-state index in [9.17, 15) is 14.7 Å². The number of amides is 2. The van der Waals surface area contributed by atoms with E-state index in [1.165, 1.54) is 11.3 Å². The summed E-state index contributed by atoms with van der Waals surface area (Å²) in [6.45, 7) is 1.75. The maximum absolute atomic E-state index is 11.5. The Kier molecular flexibility index (Phi) is 7.20. The van der Waals surface area contributed by atoms with E-state index in [1.807, 2.05) is 36.4 Å². The maximum Gasteiger partial charge on any atom is 0.352 e. The predicted octanol–water partition coefficient (Wildman–Crippen LogP) is 4.25. The van der Waals surface area contributed by atoms with Gasteiger partial charge < -0.3 is 30.6 Å². The van der Waals surface area contributed by atoms with E-state index in [0.717, 1.165) is 41.7 Å². The summed E-state index contributed by atoms with van der Waals surface area (Å²) in [7, 11) is 0. The number of hydrogen-bond donors (Lipinski definition) is 3. The zero-order valence-corrected chi connectivity index (χ0v) is 19.8.